The summed E-state index contributed by atoms with van der Waals surface area (Å²) in [7, 11) is 0. The van der Waals surface area contributed by atoms with Gasteiger partial charge in [0.25, 0.3) is 0 Å². The number of aromatic nitrogens is 1. The number of pyridine rings is 1. The van der Waals surface area contributed by atoms with E-state index >= 15 is 0 Å². The van der Waals surface area contributed by atoms with Crippen LogP contribution < -0.4 is 4.74 Å². The van der Waals surface area contributed by atoms with Crippen molar-refractivity contribution in [3.63, 3.8) is 0 Å². The van der Waals surface area contributed by atoms with Gasteiger partial charge in [-0.1, -0.05) is 17.7 Å². The first-order valence-corrected chi connectivity index (χ1v) is 5.31. The van der Waals surface area contributed by atoms with E-state index in [0.29, 0.717) is 16.7 Å². The van der Waals surface area contributed by atoms with Crippen molar-refractivity contribution in [1.29, 1.82) is 0 Å². The average molecular weight is 233 g/mol. The zero-order chi connectivity index (χ0) is 11.5. The van der Waals surface area contributed by atoms with Crippen molar-refractivity contribution in [2.24, 2.45) is 0 Å². The van der Waals surface area contributed by atoms with Crippen molar-refractivity contribution in [1.82, 2.24) is 4.98 Å². The summed E-state index contributed by atoms with van der Waals surface area (Å²) in [5.41, 5.74) is 2.03. The molecule has 0 aliphatic carbocycles. The van der Waals surface area contributed by atoms with E-state index in [1.165, 1.54) is 0 Å². The summed E-state index contributed by atoms with van der Waals surface area (Å²) in [5.74, 6) is 1.13. The van der Waals surface area contributed by atoms with Crippen LogP contribution in [0.5, 0.6) is 11.6 Å². The van der Waals surface area contributed by atoms with Crippen LogP contribution >= 0.6 is 11.6 Å². The van der Waals surface area contributed by atoms with Crippen LogP contribution in [0.1, 0.15) is 11.1 Å². The van der Waals surface area contributed by atoms with Gasteiger partial charge in [-0.25, -0.2) is 4.98 Å². The van der Waals surface area contributed by atoms with Crippen LogP contribution in [-0.2, 0) is 0 Å². The SMILES string of the molecule is Cc1c[c]cc(Oc2nccc(C)c2Cl)c1. The second-order valence-electron chi connectivity index (χ2n) is 3.60. The number of halogens is 1. The fourth-order valence-electron chi connectivity index (χ4n) is 1.32. The quantitative estimate of drug-likeness (QED) is 0.782. The molecule has 0 saturated heterocycles. The van der Waals surface area contributed by atoms with Gasteiger partial charge in [0, 0.05) is 6.20 Å². The maximum Gasteiger partial charge on any atom is 0.238 e. The van der Waals surface area contributed by atoms with E-state index in [9.17, 15) is 0 Å². The maximum atomic E-state index is 6.09. The summed E-state index contributed by atoms with van der Waals surface area (Å²) in [6, 6.07) is 10.4. The molecule has 2 aromatic rings. The molecule has 2 rings (SSSR count). The first kappa shape index (κ1) is 11.0. The van der Waals surface area contributed by atoms with E-state index in [0.717, 1.165) is 11.1 Å². The number of aryl methyl sites for hydroxylation is 2. The van der Waals surface area contributed by atoms with Gasteiger partial charge >= 0.3 is 0 Å². The van der Waals surface area contributed by atoms with E-state index < -0.39 is 0 Å². The molecule has 0 amide bonds. The lowest BCUT2D eigenvalue weighted by atomic mass is 10.2. The highest BCUT2D eigenvalue weighted by Crippen LogP contribution is 2.29. The van der Waals surface area contributed by atoms with Crippen LogP contribution in [0.2, 0.25) is 5.02 Å². The van der Waals surface area contributed by atoms with Crippen molar-refractivity contribution in [3.8, 4) is 11.6 Å². The number of hydrogen-bond acceptors (Lipinski definition) is 2. The minimum absolute atomic E-state index is 0.431. The fourth-order valence-corrected chi connectivity index (χ4v) is 1.47. The molecule has 1 aromatic carbocycles. The number of benzene rings is 1. The van der Waals surface area contributed by atoms with E-state index in [-0.39, 0.29) is 0 Å². The number of nitrogens with zero attached hydrogens (tertiary/aromatic N) is 1. The Balaban J connectivity index is 2.31. The van der Waals surface area contributed by atoms with Crippen molar-refractivity contribution in [2.45, 2.75) is 13.8 Å². The van der Waals surface area contributed by atoms with Crippen molar-refractivity contribution in [2.75, 3.05) is 0 Å². The minimum atomic E-state index is 0.431. The number of rotatable bonds is 2. The lowest BCUT2D eigenvalue weighted by molar-refractivity contribution is 0.462. The lowest BCUT2D eigenvalue weighted by Crippen LogP contribution is -1.90. The molecule has 0 fully saturated rings. The molecule has 0 atom stereocenters. The second kappa shape index (κ2) is 4.54. The lowest BCUT2D eigenvalue weighted by Gasteiger charge is -2.07. The first-order valence-electron chi connectivity index (χ1n) is 4.93. The number of hydrogen-bond donors (Lipinski definition) is 0. The molecule has 81 valence electrons. The van der Waals surface area contributed by atoms with Crippen LogP contribution in [0.3, 0.4) is 0 Å². The highest BCUT2D eigenvalue weighted by molar-refractivity contribution is 6.32. The minimum Gasteiger partial charge on any atom is -0.438 e. The van der Waals surface area contributed by atoms with Crippen LogP contribution in [0.4, 0.5) is 0 Å². The summed E-state index contributed by atoms with van der Waals surface area (Å²) in [4.78, 5) is 4.10. The summed E-state index contributed by atoms with van der Waals surface area (Å²) in [5, 5.41) is 0.545. The normalized spacial score (nSPS) is 10.2. The summed E-state index contributed by atoms with van der Waals surface area (Å²) in [6.45, 7) is 3.90. The topological polar surface area (TPSA) is 22.1 Å². The molecule has 0 spiro atoms. The van der Waals surface area contributed by atoms with Gasteiger partial charge < -0.3 is 4.74 Å². The van der Waals surface area contributed by atoms with Gasteiger partial charge in [0.1, 0.15) is 10.8 Å². The third-order valence-electron chi connectivity index (χ3n) is 2.17. The predicted molar refractivity (Wildman–Crippen MR) is 64.1 cm³/mol. The van der Waals surface area contributed by atoms with Crippen LogP contribution in [-0.4, -0.2) is 4.98 Å². The first-order chi connectivity index (χ1) is 7.66. The van der Waals surface area contributed by atoms with Crippen molar-refractivity contribution >= 4 is 11.6 Å². The molecule has 2 nitrogen and oxygen atoms in total. The third-order valence-corrected chi connectivity index (χ3v) is 2.63. The molecule has 0 aliphatic heterocycles. The molecule has 0 N–H and O–H groups in total. The van der Waals surface area contributed by atoms with Gasteiger partial charge in [0.15, 0.2) is 0 Å². The third kappa shape index (κ3) is 2.34. The van der Waals surface area contributed by atoms with E-state index in [2.05, 4.69) is 11.1 Å². The smallest absolute Gasteiger partial charge is 0.238 e. The van der Waals surface area contributed by atoms with Gasteiger partial charge in [-0.15, -0.1) is 0 Å². The summed E-state index contributed by atoms with van der Waals surface area (Å²) < 4.78 is 5.60. The van der Waals surface area contributed by atoms with Gasteiger partial charge in [-0.05, 0) is 49.2 Å². The molecule has 1 radical (unpaired) electrons. The Labute approximate surface area is 99.9 Å². The van der Waals surface area contributed by atoms with Crippen LogP contribution in [0.25, 0.3) is 0 Å². The van der Waals surface area contributed by atoms with E-state index in [1.54, 1.807) is 12.3 Å². The van der Waals surface area contributed by atoms with Gasteiger partial charge in [0.2, 0.25) is 5.88 Å². The molecular weight excluding hydrogens is 222 g/mol. The molecule has 1 aromatic heterocycles. The van der Waals surface area contributed by atoms with Crippen LogP contribution in [0, 0.1) is 19.9 Å². The Morgan fingerprint density at radius 1 is 1.31 bits per heavy atom. The summed E-state index contributed by atoms with van der Waals surface area (Å²) >= 11 is 6.09. The predicted octanol–water partition coefficient (Wildman–Crippen LogP) is 3.94. The van der Waals surface area contributed by atoms with E-state index in [1.807, 2.05) is 32.0 Å². The van der Waals surface area contributed by atoms with Gasteiger partial charge in [-0.2, -0.15) is 0 Å². The molecule has 0 unspecified atom stereocenters. The monoisotopic (exact) mass is 232 g/mol. The Kier molecular flexibility index (Phi) is 3.11. The zero-order valence-corrected chi connectivity index (χ0v) is 9.88. The van der Waals surface area contributed by atoms with Gasteiger partial charge in [-0.3, -0.25) is 0 Å². The molecule has 1 heterocycles. The zero-order valence-electron chi connectivity index (χ0n) is 9.12. The van der Waals surface area contributed by atoms with Crippen molar-refractivity contribution in [3.05, 3.63) is 52.7 Å². The van der Waals surface area contributed by atoms with Crippen LogP contribution in [0.15, 0.2) is 30.5 Å². The highest BCUT2D eigenvalue weighted by atomic mass is 35.5. The van der Waals surface area contributed by atoms with E-state index in [4.69, 9.17) is 16.3 Å². The molecule has 0 bridgehead atoms. The highest BCUT2D eigenvalue weighted by Gasteiger charge is 2.06. The standard InChI is InChI=1S/C13H11ClNO/c1-9-4-3-5-11(8-9)16-13-12(14)10(2)6-7-15-13/h4-8H,1-2H3. The Hall–Kier alpha value is -1.54. The molecule has 3 heteroatoms. The molecule has 0 saturated carbocycles. The fraction of sp³-hybridized carbons (Fsp3) is 0.154. The Bertz CT molecular complexity index is 511. The average Bonchev–Trinajstić information content (AvgIpc) is 2.25. The number of ether oxygens (including phenoxy) is 1. The van der Waals surface area contributed by atoms with Crippen molar-refractivity contribution < 1.29 is 4.74 Å². The molecule has 0 aliphatic rings. The summed E-state index contributed by atoms with van der Waals surface area (Å²) in [6.07, 6.45) is 1.68. The largest absolute Gasteiger partial charge is 0.438 e. The second-order valence-corrected chi connectivity index (χ2v) is 3.97. The molecule has 16 heavy (non-hydrogen) atoms. The Morgan fingerprint density at radius 3 is 2.88 bits per heavy atom. The maximum absolute atomic E-state index is 6.09. The Morgan fingerprint density at radius 2 is 2.12 bits per heavy atom. The molecular formula is C13H11ClNO. The van der Waals surface area contributed by atoms with Gasteiger partial charge in [0.05, 0.1) is 0 Å².